The summed E-state index contributed by atoms with van der Waals surface area (Å²) < 4.78 is 22.8. The lowest BCUT2D eigenvalue weighted by Gasteiger charge is -2.11. The van der Waals surface area contributed by atoms with Gasteiger partial charge in [0.05, 0.1) is 4.90 Å². The van der Waals surface area contributed by atoms with Gasteiger partial charge in [0.15, 0.2) is 0 Å². The molecule has 0 aliphatic carbocycles. The molecule has 4 aromatic rings. The van der Waals surface area contributed by atoms with Crippen molar-refractivity contribution in [2.45, 2.75) is 11.8 Å². The van der Waals surface area contributed by atoms with Crippen molar-refractivity contribution >= 4 is 31.6 Å². The summed E-state index contributed by atoms with van der Waals surface area (Å²) in [6.07, 6.45) is 0. The minimum absolute atomic E-state index is 0.177. The van der Waals surface area contributed by atoms with Gasteiger partial charge in [0, 0.05) is 0 Å². The highest BCUT2D eigenvalue weighted by molar-refractivity contribution is 7.89. The van der Waals surface area contributed by atoms with E-state index in [1.54, 1.807) is 12.1 Å². The molecule has 0 spiro atoms. The SMILES string of the molecule is Cc1cc(S(N)(=O)=O)cc2c3ccc(cc3)c12. The fourth-order valence-corrected chi connectivity index (χ4v) is 2.97. The standard InChI is InChI=1S/C13H11NO2S/c1-8-6-11(17(14,15)16)7-12-9-2-4-10(5-3-9)13(8)12/h2-7H,1H3,(H2,14,15,16). The molecule has 4 rings (SSSR count). The fraction of sp³-hybridized carbons (Fsp3) is 0.0769. The van der Waals surface area contributed by atoms with Crippen LogP contribution in [0.15, 0.2) is 41.3 Å². The van der Waals surface area contributed by atoms with Gasteiger partial charge < -0.3 is 0 Å². The van der Waals surface area contributed by atoms with Crippen LogP contribution in [0.4, 0.5) is 0 Å². The van der Waals surface area contributed by atoms with Crippen molar-refractivity contribution in [3.8, 4) is 0 Å². The predicted octanol–water partition coefficient (Wildman–Crippen LogP) is 2.39. The third-order valence-corrected chi connectivity index (χ3v) is 4.01. The number of hydrogen-bond acceptors (Lipinski definition) is 2. The lowest BCUT2D eigenvalue weighted by molar-refractivity contribution is 0.598. The van der Waals surface area contributed by atoms with E-state index in [0.717, 1.165) is 27.1 Å². The van der Waals surface area contributed by atoms with Crippen LogP contribution in [0, 0.1) is 6.92 Å². The summed E-state index contributed by atoms with van der Waals surface area (Å²) in [6.45, 7) is 1.91. The number of primary sulfonamides is 1. The predicted molar refractivity (Wildman–Crippen MR) is 68.8 cm³/mol. The van der Waals surface area contributed by atoms with Crippen LogP contribution < -0.4 is 5.14 Å². The molecule has 2 bridgehead atoms. The summed E-state index contributed by atoms with van der Waals surface area (Å²) in [5.74, 6) is 0. The molecule has 0 unspecified atom stereocenters. The van der Waals surface area contributed by atoms with Crippen molar-refractivity contribution in [3.63, 3.8) is 0 Å². The minimum Gasteiger partial charge on any atom is -0.225 e. The van der Waals surface area contributed by atoms with Gasteiger partial charge in [-0.05, 0) is 46.2 Å². The zero-order valence-electron chi connectivity index (χ0n) is 9.27. The quantitative estimate of drug-likeness (QED) is 0.715. The number of sulfonamides is 1. The van der Waals surface area contributed by atoms with Gasteiger partial charge in [-0.15, -0.1) is 0 Å². The van der Waals surface area contributed by atoms with Crippen LogP contribution in [0.3, 0.4) is 0 Å². The summed E-state index contributed by atoms with van der Waals surface area (Å²) >= 11 is 0. The first-order chi connectivity index (χ1) is 7.97. The summed E-state index contributed by atoms with van der Waals surface area (Å²) in [4.78, 5) is 0.177. The topological polar surface area (TPSA) is 60.2 Å². The van der Waals surface area contributed by atoms with Crippen LogP contribution in [0.1, 0.15) is 5.56 Å². The molecule has 0 aliphatic rings. The van der Waals surface area contributed by atoms with Gasteiger partial charge in [-0.2, -0.15) is 0 Å². The second-order valence-corrected chi connectivity index (χ2v) is 5.85. The molecule has 0 radical (unpaired) electrons. The van der Waals surface area contributed by atoms with Crippen molar-refractivity contribution < 1.29 is 8.42 Å². The summed E-state index contributed by atoms with van der Waals surface area (Å²) in [6, 6.07) is 11.3. The van der Waals surface area contributed by atoms with Gasteiger partial charge in [-0.3, -0.25) is 0 Å². The lowest BCUT2D eigenvalue weighted by Crippen LogP contribution is -2.12. The molecule has 3 nitrogen and oxygen atoms in total. The highest BCUT2D eigenvalue weighted by atomic mass is 32.2. The van der Waals surface area contributed by atoms with Crippen LogP contribution in [-0.2, 0) is 10.0 Å². The van der Waals surface area contributed by atoms with Crippen LogP contribution in [0.2, 0.25) is 0 Å². The van der Waals surface area contributed by atoms with E-state index >= 15 is 0 Å². The zero-order chi connectivity index (χ0) is 12.2. The molecule has 0 heterocycles. The molecular formula is C13H11NO2S. The number of benzene rings is 4. The van der Waals surface area contributed by atoms with Gasteiger partial charge >= 0.3 is 0 Å². The van der Waals surface area contributed by atoms with E-state index < -0.39 is 10.0 Å². The second-order valence-electron chi connectivity index (χ2n) is 4.29. The van der Waals surface area contributed by atoms with Crippen molar-refractivity contribution in [2.24, 2.45) is 5.14 Å². The number of rotatable bonds is 1. The maximum atomic E-state index is 11.4. The molecule has 86 valence electrons. The molecule has 0 aromatic heterocycles. The van der Waals surface area contributed by atoms with Crippen LogP contribution in [0.5, 0.6) is 0 Å². The first-order valence-electron chi connectivity index (χ1n) is 5.25. The lowest BCUT2D eigenvalue weighted by atomic mass is 9.96. The van der Waals surface area contributed by atoms with E-state index in [2.05, 4.69) is 0 Å². The van der Waals surface area contributed by atoms with Crippen molar-refractivity contribution in [1.29, 1.82) is 0 Å². The van der Waals surface area contributed by atoms with E-state index in [-0.39, 0.29) is 4.90 Å². The molecule has 4 aromatic carbocycles. The van der Waals surface area contributed by atoms with Crippen molar-refractivity contribution in [1.82, 2.24) is 0 Å². The Bertz CT molecular complexity index is 801. The molecule has 0 amide bonds. The molecule has 2 N–H and O–H groups in total. The third kappa shape index (κ3) is 1.49. The largest absolute Gasteiger partial charge is 0.238 e. The average molecular weight is 245 g/mol. The first kappa shape index (κ1) is 10.5. The zero-order valence-corrected chi connectivity index (χ0v) is 10.1. The summed E-state index contributed by atoms with van der Waals surface area (Å²) in [5, 5.41) is 9.39. The summed E-state index contributed by atoms with van der Waals surface area (Å²) in [5.41, 5.74) is 0.938. The third-order valence-electron chi connectivity index (χ3n) is 3.12. The molecule has 0 atom stereocenters. The Morgan fingerprint density at radius 1 is 1.00 bits per heavy atom. The highest BCUT2D eigenvalue weighted by Crippen LogP contribution is 2.32. The van der Waals surface area contributed by atoms with Crippen molar-refractivity contribution in [2.75, 3.05) is 0 Å². The number of nitrogens with two attached hydrogens (primary N) is 1. The van der Waals surface area contributed by atoms with E-state index in [9.17, 15) is 8.42 Å². The molecule has 17 heavy (non-hydrogen) atoms. The number of hydrogen-bond donors (Lipinski definition) is 1. The van der Waals surface area contributed by atoms with E-state index in [4.69, 9.17) is 5.14 Å². The summed E-state index contributed by atoms with van der Waals surface area (Å²) in [7, 11) is -3.65. The van der Waals surface area contributed by atoms with Crippen LogP contribution in [0.25, 0.3) is 21.5 Å². The second kappa shape index (κ2) is 3.18. The Labute approximate surface area is 99.2 Å². The molecule has 0 fully saturated rings. The Morgan fingerprint density at radius 3 is 2.18 bits per heavy atom. The minimum atomic E-state index is -3.65. The fourth-order valence-electron chi connectivity index (χ4n) is 2.35. The number of aryl methyl sites for hydroxylation is 1. The first-order valence-corrected chi connectivity index (χ1v) is 6.80. The van der Waals surface area contributed by atoms with Gasteiger partial charge in [-0.25, -0.2) is 13.6 Å². The molecule has 0 saturated heterocycles. The monoisotopic (exact) mass is 245 g/mol. The highest BCUT2D eigenvalue weighted by Gasteiger charge is 2.13. The number of fused-ring (bicyclic) bond motifs is 2. The Hall–Kier alpha value is -1.65. The molecule has 4 heteroatoms. The smallest absolute Gasteiger partial charge is 0.225 e. The van der Waals surface area contributed by atoms with Gasteiger partial charge in [0.25, 0.3) is 0 Å². The Morgan fingerprint density at radius 2 is 1.59 bits per heavy atom. The van der Waals surface area contributed by atoms with E-state index in [1.807, 2.05) is 31.2 Å². The maximum absolute atomic E-state index is 11.4. The van der Waals surface area contributed by atoms with Crippen LogP contribution >= 0.6 is 0 Å². The van der Waals surface area contributed by atoms with Gasteiger partial charge in [-0.1, -0.05) is 24.3 Å². The van der Waals surface area contributed by atoms with Gasteiger partial charge in [0.1, 0.15) is 0 Å². The Kier molecular flexibility index (Phi) is 1.97. The van der Waals surface area contributed by atoms with Crippen LogP contribution in [-0.4, -0.2) is 8.42 Å². The van der Waals surface area contributed by atoms with E-state index in [1.165, 1.54) is 0 Å². The normalized spacial score (nSPS) is 12.6. The average Bonchev–Trinajstić information content (AvgIpc) is 2.29. The van der Waals surface area contributed by atoms with Gasteiger partial charge in [0.2, 0.25) is 10.0 Å². The van der Waals surface area contributed by atoms with Crippen molar-refractivity contribution in [3.05, 3.63) is 42.0 Å². The van der Waals surface area contributed by atoms with E-state index in [0.29, 0.717) is 0 Å². The Balaban J connectivity index is 2.55. The molecular weight excluding hydrogens is 234 g/mol. The maximum Gasteiger partial charge on any atom is 0.238 e. The molecule has 0 saturated carbocycles. The molecule has 0 aliphatic heterocycles.